The molecule has 0 saturated heterocycles. The minimum absolute atomic E-state index is 0.725. The maximum absolute atomic E-state index is 10.3. The zero-order chi connectivity index (χ0) is 11.9. The lowest BCUT2D eigenvalue weighted by molar-refractivity contribution is 0.0836. The number of hydrogen-bond donors (Lipinski definition) is 1. The molecule has 2 nitrogen and oxygen atoms in total. The van der Waals surface area contributed by atoms with E-state index >= 15 is 0 Å². The van der Waals surface area contributed by atoms with Crippen LogP contribution >= 0.6 is 23.5 Å². The van der Waals surface area contributed by atoms with Crippen molar-refractivity contribution in [2.75, 3.05) is 23.0 Å². The highest BCUT2D eigenvalue weighted by Crippen LogP contribution is 2.24. The van der Waals surface area contributed by atoms with Crippen molar-refractivity contribution >= 4 is 23.5 Å². The van der Waals surface area contributed by atoms with Gasteiger partial charge in [0.2, 0.25) is 0 Å². The molecule has 16 heavy (non-hydrogen) atoms. The van der Waals surface area contributed by atoms with Gasteiger partial charge in [-0.1, -0.05) is 13.0 Å². The molecule has 1 unspecified atom stereocenters. The predicted molar refractivity (Wildman–Crippen MR) is 74.1 cm³/mol. The van der Waals surface area contributed by atoms with Crippen LogP contribution in [0.15, 0.2) is 24.5 Å². The first kappa shape index (κ1) is 13.9. The van der Waals surface area contributed by atoms with Crippen molar-refractivity contribution in [2.24, 2.45) is 0 Å². The van der Waals surface area contributed by atoms with Crippen LogP contribution in [-0.2, 0) is 5.60 Å². The molecule has 1 rings (SSSR count). The molecule has 0 spiro atoms. The van der Waals surface area contributed by atoms with Crippen molar-refractivity contribution in [1.29, 1.82) is 0 Å². The fourth-order valence-corrected chi connectivity index (χ4v) is 3.24. The first-order valence-electron chi connectivity index (χ1n) is 5.45. The third-order valence-electron chi connectivity index (χ3n) is 2.24. The van der Waals surface area contributed by atoms with Crippen molar-refractivity contribution in [1.82, 2.24) is 4.98 Å². The highest BCUT2D eigenvalue weighted by Gasteiger charge is 2.22. The van der Waals surface area contributed by atoms with Gasteiger partial charge in [0.25, 0.3) is 0 Å². The summed E-state index contributed by atoms with van der Waals surface area (Å²) < 4.78 is 0. The topological polar surface area (TPSA) is 33.1 Å². The average Bonchev–Trinajstić information content (AvgIpc) is 2.30. The third kappa shape index (κ3) is 4.76. The molecule has 0 bridgehead atoms. The second kappa shape index (κ2) is 7.20. The summed E-state index contributed by atoms with van der Waals surface area (Å²) in [5.41, 5.74) is 0.126. The maximum Gasteiger partial charge on any atom is 0.0973 e. The van der Waals surface area contributed by atoms with E-state index in [0.29, 0.717) is 0 Å². The summed E-state index contributed by atoms with van der Waals surface area (Å²) in [6.07, 6.45) is 3.46. The zero-order valence-corrected chi connectivity index (χ0v) is 11.5. The Bertz CT molecular complexity index is 290. The van der Waals surface area contributed by atoms with Crippen LogP contribution in [0.4, 0.5) is 0 Å². The van der Waals surface area contributed by atoms with Gasteiger partial charge < -0.3 is 5.11 Å². The van der Waals surface area contributed by atoms with Crippen molar-refractivity contribution in [3.05, 3.63) is 30.1 Å². The fourth-order valence-electron chi connectivity index (χ4n) is 1.30. The number of thioether (sulfide) groups is 2. The summed E-state index contributed by atoms with van der Waals surface area (Å²) in [5, 5.41) is 10.3. The molecule has 0 fully saturated rings. The molecule has 0 aromatic carbocycles. The molecule has 4 heteroatoms. The Hall–Kier alpha value is -0.190. The Labute approximate surface area is 106 Å². The van der Waals surface area contributed by atoms with E-state index in [4.69, 9.17) is 0 Å². The molecule has 0 aliphatic carbocycles. The molecule has 1 aromatic rings. The molecule has 1 heterocycles. The SMILES string of the molecule is CCSCCSCC(C)(O)c1cccnc1. The van der Waals surface area contributed by atoms with Crippen molar-refractivity contribution in [2.45, 2.75) is 19.4 Å². The predicted octanol–water partition coefficient (Wildman–Crippen LogP) is 2.78. The van der Waals surface area contributed by atoms with Crippen LogP contribution in [0.25, 0.3) is 0 Å². The quantitative estimate of drug-likeness (QED) is 0.762. The second-order valence-corrected chi connectivity index (χ2v) is 6.26. The van der Waals surface area contributed by atoms with Gasteiger partial charge in [-0.05, 0) is 18.7 Å². The van der Waals surface area contributed by atoms with Crippen LogP contribution in [0.3, 0.4) is 0 Å². The zero-order valence-electron chi connectivity index (χ0n) is 9.85. The van der Waals surface area contributed by atoms with Crippen LogP contribution < -0.4 is 0 Å². The van der Waals surface area contributed by atoms with Gasteiger partial charge in [0.05, 0.1) is 5.60 Å². The summed E-state index contributed by atoms with van der Waals surface area (Å²) >= 11 is 3.74. The summed E-state index contributed by atoms with van der Waals surface area (Å²) in [5.74, 6) is 4.14. The molecule has 0 radical (unpaired) electrons. The summed E-state index contributed by atoms with van der Waals surface area (Å²) in [7, 11) is 0. The lowest BCUT2D eigenvalue weighted by atomic mass is 10.0. The van der Waals surface area contributed by atoms with E-state index in [0.717, 1.165) is 22.8 Å². The standard InChI is InChI=1S/C12H19NOS2/c1-3-15-7-8-16-10-12(2,14)11-5-4-6-13-9-11/h4-6,9,14H,3,7-8,10H2,1-2H3. The molecule has 90 valence electrons. The van der Waals surface area contributed by atoms with E-state index in [1.165, 1.54) is 5.75 Å². The normalized spacial score (nSPS) is 14.7. The van der Waals surface area contributed by atoms with E-state index in [2.05, 4.69) is 11.9 Å². The number of nitrogens with zero attached hydrogens (tertiary/aromatic N) is 1. The summed E-state index contributed by atoms with van der Waals surface area (Å²) in [6.45, 7) is 4.02. The molecule has 1 atom stereocenters. The number of aliphatic hydroxyl groups is 1. The van der Waals surface area contributed by atoms with Crippen molar-refractivity contribution < 1.29 is 5.11 Å². The van der Waals surface area contributed by atoms with Crippen LogP contribution in [-0.4, -0.2) is 33.1 Å². The van der Waals surface area contributed by atoms with E-state index in [1.54, 1.807) is 24.2 Å². The largest absolute Gasteiger partial charge is 0.385 e. The Morgan fingerprint density at radius 3 is 2.75 bits per heavy atom. The van der Waals surface area contributed by atoms with Crippen LogP contribution in [0.5, 0.6) is 0 Å². The maximum atomic E-state index is 10.3. The Morgan fingerprint density at radius 2 is 2.12 bits per heavy atom. The molecule has 1 N–H and O–H groups in total. The highest BCUT2D eigenvalue weighted by atomic mass is 32.2. The van der Waals surface area contributed by atoms with E-state index in [1.807, 2.05) is 30.8 Å². The number of pyridine rings is 1. The van der Waals surface area contributed by atoms with Crippen molar-refractivity contribution in [3.63, 3.8) is 0 Å². The molecular weight excluding hydrogens is 238 g/mol. The van der Waals surface area contributed by atoms with Gasteiger partial charge in [0.15, 0.2) is 0 Å². The van der Waals surface area contributed by atoms with E-state index in [-0.39, 0.29) is 0 Å². The smallest absolute Gasteiger partial charge is 0.0973 e. The number of hydrogen-bond acceptors (Lipinski definition) is 4. The van der Waals surface area contributed by atoms with Gasteiger partial charge in [0, 0.05) is 35.2 Å². The Kier molecular flexibility index (Phi) is 6.24. The van der Waals surface area contributed by atoms with Crippen LogP contribution in [0, 0.1) is 0 Å². The lowest BCUT2D eigenvalue weighted by Gasteiger charge is -2.22. The molecule has 0 saturated carbocycles. The van der Waals surface area contributed by atoms with Gasteiger partial charge in [0.1, 0.15) is 0 Å². The minimum atomic E-state index is -0.768. The molecule has 0 aliphatic heterocycles. The first-order valence-corrected chi connectivity index (χ1v) is 7.76. The average molecular weight is 257 g/mol. The van der Waals surface area contributed by atoms with Gasteiger partial charge in [-0.3, -0.25) is 4.98 Å². The number of aromatic nitrogens is 1. The summed E-state index contributed by atoms with van der Waals surface area (Å²) in [4.78, 5) is 4.04. The third-order valence-corrected chi connectivity index (χ3v) is 4.66. The molecule has 0 aliphatic rings. The highest BCUT2D eigenvalue weighted by molar-refractivity contribution is 8.02. The van der Waals surface area contributed by atoms with E-state index < -0.39 is 5.60 Å². The molecule has 1 aromatic heterocycles. The fraction of sp³-hybridized carbons (Fsp3) is 0.583. The van der Waals surface area contributed by atoms with Gasteiger partial charge >= 0.3 is 0 Å². The molecular formula is C12H19NOS2. The number of rotatable bonds is 7. The second-order valence-electron chi connectivity index (χ2n) is 3.77. The lowest BCUT2D eigenvalue weighted by Crippen LogP contribution is -2.24. The van der Waals surface area contributed by atoms with Crippen molar-refractivity contribution in [3.8, 4) is 0 Å². The summed E-state index contributed by atoms with van der Waals surface area (Å²) in [6, 6.07) is 3.79. The Morgan fingerprint density at radius 1 is 1.38 bits per heavy atom. The minimum Gasteiger partial charge on any atom is -0.385 e. The van der Waals surface area contributed by atoms with Gasteiger partial charge in [-0.15, -0.1) is 0 Å². The molecule has 0 amide bonds. The first-order chi connectivity index (χ1) is 7.67. The van der Waals surface area contributed by atoms with E-state index in [9.17, 15) is 5.11 Å². The van der Waals surface area contributed by atoms with Crippen LogP contribution in [0.1, 0.15) is 19.4 Å². The monoisotopic (exact) mass is 257 g/mol. The van der Waals surface area contributed by atoms with Gasteiger partial charge in [-0.25, -0.2) is 0 Å². The van der Waals surface area contributed by atoms with Crippen LogP contribution in [0.2, 0.25) is 0 Å². The Balaban J connectivity index is 2.35. The van der Waals surface area contributed by atoms with Gasteiger partial charge in [-0.2, -0.15) is 23.5 Å².